The standard InChI is InChI=1S/C12H23N3O2/c1-5-6-15-11(13-8-14-15)7-10(16)12(17-4)9(2)3/h8-10,12,16H,5-7H2,1-4H3. The summed E-state index contributed by atoms with van der Waals surface area (Å²) in [7, 11) is 1.63. The van der Waals surface area contributed by atoms with Gasteiger partial charge in [0.05, 0.1) is 12.2 Å². The van der Waals surface area contributed by atoms with E-state index < -0.39 is 6.10 Å². The molecule has 0 aliphatic rings. The average molecular weight is 241 g/mol. The quantitative estimate of drug-likeness (QED) is 0.781. The predicted molar refractivity (Wildman–Crippen MR) is 65.7 cm³/mol. The molecule has 0 amide bonds. The monoisotopic (exact) mass is 241 g/mol. The molecule has 17 heavy (non-hydrogen) atoms. The lowest BCUT2D eigenvalue weighted by atomic mass is 9.99. The van der Waals surface area contributed by atoms with Crippen molar-refractivity contribution in [3.8, 4) is 0 Å². The Labute approximate surface area is 103 Å². The highest BCUT2D eigenvalue weighted by Gasteiger charge is 2.24. The van der Waals surface area contributed by atoms with Crippen LogP contribution in [0.1, 0.15) is 33.0 Å². The summed E-state index contributed by atoms with van der Waals surface area (Å²) in [5.41, 5.74) is 0. The fourth-order valence-electron chi connectivity index (χ4n) is 2.02. The third kappa shape index (κ3) is 3.78. The van der Waals surface area contributed by atoms with Gasteiger partial charge < -0.3 is 9.84 Å². The van der Waals surface area contributed by atoms with E-state index in [1.807, 2.05) is 18.5 Å². The van der Waals surface area contributed by atoms with Crippen LogP contribution in [0.5, 0.6) is 0 Å². The van der Waals surface area contributed by atoms with E-state index in [1.165, 1.54) is 6.33 Å². The second kappa shape index (κ2) is 6.71. The van der Waals surface area contributed by atoms with E-state index in [-0.39, 0.29) is 12.0 Å². The molecule has 1 aromatic rings. The van der Waals surface area contributed by atoms with Crippen LogP contribution in [0, 0.1) is 5.92 Å². The molecule has 0 bridgehead atoms. The molecule has 1 rings (SSSR count). The molecule has 98 valence electrons. The minimum Gasteiger partial charge on any atom is -0.390 e. The number of aromatic nitrogens is 3. The zero-order valence-electron chi connectivity index (χ0n) is 11.1. The molecule has 0 saturated heterocycles. The molecule has 1 aromatic heterocycles. The molecule has 0 aliphatic heterocycles. The topological polar surface area (TPSA) is 60.2 Å². The van der Waals surface area contributed by atoms with Crippen LogP contribution in [-0.2, 0) is 17.7 Å². The number of hydrogen-bond acceptors (Lipinski definition) is 4. The number of nitrogens with zero attached hydrogens (tertiary/aromatic N) is 3. The molecule has 1 heterocycles. The minimum absolute atomic E-state index is 0.165. The summed E-state index contributed by atoms with van der Waals surface area (Å²) < 4.78 is 7.16. The van der Waals surface area contributed by atoms with Crippen molar-refractivity contribution in [3.05, 3.63) is 12.2 Å². The van der Waals surface area contributed by atoms with Gasteiger partial charge in [-0.25, -0.2) is 4.98 Å². The van der Waals surface area contributed by atoms with Crippen molar-refractivity contribution in [2.24, 2.45) is 5.92 Å². The Balaban J connectivity index is 2.66. The molecular formula is C12H23N3O2. The fraction of sp³-hybridized carbons (Fsp3) is 0.833. The second-order valence-corrected chi connectivity index (χ2v) is 4.62. The Hall–Kier alpha value is -0.940. The van der Waals surface area contributed by atoms with Gasteiger partial charge in [0.25, 0.3) is 0 Å². The maximum absolute atomic E-state index is 10.1. The third-order valence-corrected chi connectivity index (χ3v) is 2.83. The first-order valence-corrected chi connectivity index (χ1v) is 6.17. The number of ether oxygens (including phenoxy) is 1. The van der Waals surface area contributed by atoms with Crippen molar-refractivity contribution in [2.45, 2.75) is 52.4 Å². The van der Waals surface area contributed by atoms with Gasteiger partial charge in [-0.05, 0) is 12.3 Å². The van der Waals surface area contributed by atoms with Crippen LogP contribution in [0.25, 0.3) is 0 Å². The van der Waals surface area contributed by atoms with Crippen LogP contribution in [-0.4, -0.2) is 39.2 Å². The number of hydrogen-bond donors (Lipinski definition) is 1. The lowest BCUT2D eigenvalue weighted by Gasteiger charge is -2.24. The molecule has 2 unspecified atom stereocenters. The number of aliphatic hydroxyl groups excluding tert-OH is 1. The molecule has 2 atom stereocenters. The van der Waals surface area contributed by atoms with Crippen molar-refractivity contribution in [2.75, 3.05) is 7.11 Å². The Morgan fingerprint density at radius 2 is 2.18 bits per heavy atom. The van der Waals surface area contributed by atoms with Gasteiger partial charge in [-0.3, -0.25) is 4.68 Å². The smallest absolute Gasteiger partial charge is 0.138 e. The Morgan fingerprint density at radius 3 is 2.71 bits per heavy atom. The van der Waals surface area contributed by atoms with Gasteiger partial charge in [-0.15, -0.1) is 0 Å². The molecule has 0 spiro atoms. The SMILES string of the molecule is CCCn1ncnc1CC(O)C(OC)C(C)C. The summed E-state index contributed by atoms with van der Waals surface area (Å²) in [6.07, 6.45) is 2.32. The Morgan fingerprint density at radius 1 is 1.47 bits per heavy atom. The normalized spacial score (nSPS) is 15.2. The Bertz CT molecular complexity index is 325. The van der Waals surface area contributed by atoms with Gasteiger partial charge in [0.2, 0.25) is 0 Å². The van der Waals surface area contributed by atoms with E-state index in [4.69, 9.17) is 4.74 Å². The van der Waals surface area contributed by atoms with E-state index in [0.29, 0.717) is 6.42 Å². The molecule has 5 nitrogen and oxygen atoms in total. The van der Waals surface area contributed by atoms with Gasteiger partial charge in [0, 0.05) is 20.1 Å². The van der Waals surface area contributed by atoms with Gasteiger partial charge in [-0.1, -0.05) is 20.8 Å². The summed E-state index contributed by atoms with van der Waals surface area (Å²) in [5.74, 6) is 1.10. The maximum atomic E-state index is 10.1. The highest BCUT2D eigenvalue weighted by atomic mass is 16.5. The number of aryl methyl sites for hydroxylation is 1. The van der Waals surface area contributed by atoms with Crippen molar-refractivity contribution >= 4 is 0 Å². The van der Waals surface area contributed by atoms with Gasteiger partial charge in [-0.2, -0.15) is 5.10 Å². The Kier molecular flexibility index (Phi) is 5.58. The fourth-order valence-corrected chi connectivity index (χ4v) is 2.02. The van der Waals surface area contributed by atoms with E-state index in [0.717, 1.165) is 18.8 Å². The van der Waals surface area contributed by atoms with Crippen molar-refractivity contribution in [1.29, 1.82) is 0 Å². The number of aliphatic hydroxyl groups is 1. The van der Waals surface area contributed by atoms with Gasteiger partial charge >= 0.3 is 0 Å². The van der Waals surface area contributed by atoms with E-state index in [9.17, 15) is 5.11 Å². The van der Waals surface area contributed by atoms with Crippen LogP contribution in [0.3, 0.4) is 0 Å². The van der Waals surface area contributed by atoms with Crippen LogP contribution in [0.2, 0.25) is 0 Å². The first-order chi connectivity index (χ1) is 8.10. The average Bonchev–Trinajstić information content (AvgIpc) is 2.66. The highest BCUT2D eigenvalue weighted by molar-refractivity contribution is 4.90. The summed E-state index contributed by atoms with van der Waals surface area (Å²) in [6, 6.07) is 0. The van der Waals surface area contributed by atoms with Crippen LogP contribution >= 0.6 is 0 Å². The highest BCUT2D eigenvalue weighted by Crippen LogP contribution is 2.13. The van der Waals surface area contributed by atoms with E-state index in [1.54, 1.807) is 7.11 Å². The molecule has 0 saturated carbocycles. The number of methoxy groups -OCH3 is 1. The van der Waals surface area contributed by atoms with Gasteiger partial charge in [0.15, 0.2) is 0 Å². The molecule has 1 N–H and O–H groups in total. The molecule has 0 radical (unpaired) electrons. The maximum Gasteiger partial charge on any atom is 0.138 e. The number of rotatable bonds is 7. The second-order valence-electron chi connectivity index (χ2n) is 4.62. The molecular weight excluding hydrogens is 218 g/mol. The lowest BCUT2D eigenvalue weighted by molar-refractivity contribution is -0.0379. The zero-order valence-corrected chi connectivity index (χ0v) is 11.1. The summed E-state index contributed by atoms with van der Waals surface area (Å²) >= 11 is 0. The van der Waals surface area contributed by atoms with E-state index >= 15 is 0 Å². The molecule has 0 fully saturated rings. The molecule has 5 heteroatoms. The summed E-state index contributed by atoms with van der Waals surface area (Å²) in [6.45, 7) is 7.00. The lowest BCUT2D eigenvalue weighted by Crippen LogP contribution is -2.35. The molecule has 0 aromatic carbocycles. The summed E-state index contributed by atoms with van der Waals surface area (Å²) in [4.78, 5) is 4.19. The largest absolute Gasteiger partial charge is 0.390 e. The molecule has 0 aliphatic carbocycles. The van der Waals surface area contributed by atoms with Crippen LogP contribution in [0.15, 0.2) is 6.33 Å². The first kappa shape index (κ1) is 14.1. The van der Waals surface area contributed by atoms with E-state index in [2.05, 4.69) is 17.0 Å². The van der Waals surface area contributed by atoms with Crippen LogP contribution in [0.4, 0.5) is 0 Å². The van der Waals surface area contributed by atoms with Crippen molar-refractivity contribution in [1.82, 2.24) is 14.8 Å². The van der Waals surface area contributed by atoms with Crippen LogP contribution < -0.4 is 0 Å². The summed E-state index contributed by atoms with van der Waals surface area (Å²) in [5, 5.41) is 14.3. The zero-order chi connectivity index (χ0) is 12.8. The third-order valence-electron chi connectivity index (χ3n) is 2.83. The predicted octanol–water partition coefficient (Wildman–Crippen LogP) is 1.26. The van der Waals surface area contributed by atoms with Crippen molar-refractivity contribution in [3.63, 3.8) is 0 Å². The minimum atomic E-state index is -0.542. The first-order valence-electron chi connectivity index (χ1n) is 6.17. The van der Waals surface area contributed by atoms with Gasteiger partial charge in [0.1, 0.15) is 12.2 Å². The van der Waals surface area contributed by atoms with Crippen molar-refractivity contribution < 1.29 is 9.84 Å².